The number of nitrogens with zero attached hydrogens (tertiary/aromatic N) is 1. The van der Waals surface area contributed by atoms with Gasteiger partial charge in [0.25, 0.3) is 0 Å². The zero-order valence-electron chi connectivity index (χ0n) is 7.89. The maximum atomic E-state index is 11.5. The van der Waals surface area contributed by atoms with Gasteiger partial charge in [0.05, 0.1) is 12.1 Å². The van der Waals surface area contributed by atoms with Crippen LogP contribution in [0.4, 0.5) is 0 Å². The molecule has 0 aliphatic carbocycles. The molecule has 0 radical (unpaired) electrons. The van der Waals surface area contributed by atoms with Gasteiger partial charge in [0.1, 0.15) is 5.72 Å². The van der Waals surface area contributed by atoms with Crippen LogP contribution in [0.3, 0.4) is 0 Å². The molecular formula is C9H15NO2. The molecule has 0 aromatic rings. The smallest absolute Gasteiger partial charge is 0.225 e. The van der Waals surface area contributed by atoms with Crippen molar-refractivity contribution in [3.05, 3.63) is 0 Å². The molecule has 0 saturated carbocycles. The Morgan fingerprint density at radius 1 is 1.42 bits per heavy atom. The number of amides is 1. The van der Waals surface area contributed by atoms with E-state index in [-0.39, 0.29) is 17.2 Å². The third-order valence-electron chi connectivity index (χ3n) is 2.87. The van der Waals surface area contributed by atoms with Crippen LogP contribution in [0.15, 0.2) is 0 Å². The van der Waals surface area contributed by atoms with Crippen molar-refractivity contribution in [2.75, 3.05) is 6.61 Å². The van der Waals surface area contributed by atoms with E-state index in [1.807, 2.05) is 11.8 Å². The number of hydrogen-bond donors (Lipinski definition) is 0. The van der Waals surface area contributed by atoms with Crippen molar-refractivity contribution >= 4 is 5.91 Å². The Morgan fingerprint density at radius 2 is 2.08 bits per heavy atom. The van der Waals surface area contributed by atoms with Crippen LogP contribution in [0, 0.1) is 0 Å². The topological polar surface area (TPSA) is 29.5 Å². The van der Waals surface area contributed by atoms with Gasteiger partial charge in [0, 0.05) is 12.8 Å². The zero-order chi connectivity index (χ0) is 8.98. The third-order valence-corrected chi connectivity index (χ3v) is 2.87. The summed E-state index contributed by atoms with van der Waals surface area (Å²) in [4.78, 5) is 13.4. The first-order chi connectivity index (χ1) is 5.46. The lowest BCUT2D eigenvalue weighted by Gasteiger charge is -2.33. The maximum absolute atomic E-state index is 11.5. The first kappa shape index (κ1) is 8.05. The van der Waals surface area contributed by atoms with Gasteiger partial charge in [-0.15, -0.1) is 0 Å². The number of ether oxygens (including phenoxy) is 1. The second-order valence-electron chi connectivity index (χ2n) is 4.51. The Bertz CT molecular complexity index is 237. The Morgan fingerprint density at radius 3 is 2.67 bits per heavy atom. The van der Waals surface area contributed by atoms with E-state index >= 15 is 0 Å². The fourth-order valence-corrected chi connectivity index (χ4v) is 2.34. The summed E-state index contributed by atoms with van der Waals surface area (Å²) in [7, 11) is 0. The van der Waals surface area contributed by atoms with Crippen LogP contribution in [0.2, 0.25) is 0 Å². The van der Waals surface area contributed by atoms with Crippen molar-refractivity contribution < 1.29 is 9.53 Å². The molecule has 0 bridgehead atoms. The lowest BCUT2D eigenvalue weighted by Crippen LogP contribution is -2.48. The van der Waals surface area contributed by atoms with Crippen molar-refractivity contribution in [1.82, 2.24) is 4.90 Å². The third kappa shape index (κ3) is 0.829. The van der Waals surface area contributed by atoms with E-state index < -0.39 is 0 Å². The van der Waals surface area contributed by atoms with E-state index in [4.69, 9.17) is 4.74 Å². The van der Waals surface area contributed by atoms with Crippen molar-refractivity contribution in [2.24, 2.45) is 0 Å². The van der Waals surface area contributed by atoms with Crippen LogP contribution < -0.4 is 0 Å². The Balaban J connectivity index is 2.37. The molecule has 2 fully saturated rings. The molecule has 2 aliphatic heterocycles. The molecule has 0 unspecified atom stereocenters. The van der Waals surface area contributed by atoms with Gasteiger partial charge in [-0.25, -0.2) is 0 Å². The minimum atomic E-state index is -0.305. The van der Waals surface area contributed by atoms with Gasteiger partial charge < -0.3 is 9.64 Å². The highest BCUT2D eigenvalue weighted by Gasteiger charge is 2.54. The fraction of sp³-hybridized carbons (Fsp3) is 0.889. The van der Waals surface area contributed by atoms with Gasteiger partial charge in [0.15, 0.2) is 0 Å². The molecule has 1 atom stereocenters. The molecule has 0 aromatic heterocycles. The monoisotopic (exact) mass is 169 g/mol. The van der Waals surface area contributed by atoms with E-state index in [0.717, 1.165) is 6.42 Å². The molecule has 0 spiro atoms. The van der Waals surface area contributed by atoms with Gasteiger partial charge in [-0.1, -0.05) is 0 Å². The lowest BCUT2D eigenvalue weighted by molar-refractivity contribution is -0.138. The maximum Gasteiger partial charge on any atom is 0.225 e. The SMILES string of the molecule is CC1(C)CO[C@]2(C)CCC(=O)N12. The molecule has 0 N–H and O–H groups in total. The Labute approximate surface area is 72.7 Å². The standard InChI is InChI=1S/C9H15NO2/c1-8(2)6-12-9(3)5-4-7(11)10(8)9/h4-6H2,1-3H3/t9-/m1/s1. The van der Waals surface area contributed by atoms with Gasteiger partial charge in [0.2, 0.25) is 5.91 Å². The average molecular weight is 169 g/mol. The van der Waals surface area contributed by atoms with E-state index in [1.54, 1.807) is 0 Å². The summed E-state index contributed by atoms with van der Waals surface area (Å²) in [5.74, 6) is 0.236. The molecule has 3 heteroatoms. The summed E-state index contributed by atoms with van der Waals surface area (Å²) < 4.78 is 5.66. The highest BCUT2D eigenvalue weighted by atomic mass is 16.5. The number of carbonyl (C=O) groups is 1. The Kier molecular flexibility index (Phi) is 1.35. The normalized spacial score (nSPS) is 38.9. The summed E-state index contributed by atoms with van der Waals surface area (Å²) in [6.45, 7) is 6.78. The highest BCUT2D eigenvalue weighted by molar-refractivity contribution is 5.80. The van der Waals surface area contributed by atoms with Crippen LogP contribution in [-0.2, 0) is 9.53 Å². The average Bonchev–Trinajstić information content (AvgIpc) is 2.36. The summed E-state index contributed by atoms with van der Waals surface area (Å²) in [6.07, 6.45) is 1.48. The van der Waals surface area contributed by atoms with Crippen molar-refractivity contribution in [2.45, 2.75) is 44.9 Å². The predicted molar refractivity (Wildman–Crippen MR) is 44.5 cm³/mol. The van der Waals surface area contributed by atoms with E-state index in [1.165, 1.54) is 0 Å². The first-order valence-corrected chi connectivity index (χ1v) is 4.43. The summed E-state index contributed by atoms with van der Waals surface area (Å²) in [5, 5.41) is 0. The number of carbonyl (C=O) groups excluding carboxylic acids is 1. The fourth-order valence-electron chi connectivity index (χ4n) is 2.34. The Hall–Kier alpha value is -0.570. The molecule has 2 aliphatic rings. The molecule has 68 valence electrons. The van der Waals surface area contributed by atoms with Crippen molar-refractivity contribution in [3.63, 3.8) is 0 Å². The molecule has 2 heterocycles. The van der Waals surface area contributed by atoms with Crippen LogP contribution in [-0.4, -0.2) is 28.7 Å². The predicted octanol–water partition coefficient (Wildman–Crippen LogP) is 1.13. The van der Waals surface area contributed by atoms with Crippen molar-refractivity contribution in [3.8, 4) is 0 Å². The summed E-state index contributed by atoms with van der Waals surface area (Å²) in [5.41, 5.74) is -0.414. The van der Waals surface area contributed by atoms with Gasteiger partial charge in [-0.3, -0.25) is 4.79 Å². The molecule has 2 rings (SSSR count). The molecule has 1 amide bonds. The van der Waals surface area contributed by atoms with Crippen LogP contribution in [0.5, 0.6) is 0 Å². The molecule has 12 heavy (non-hydrogen) atoms. The molecule has 2 saturated heterocycles. The number of fused-ring (bicyclic) bond motifs is 1. The minimum Gasteiger partial charge on any atom is -0.353 e. The number of rotatable bonds is 0. The molecule has 3 nitrogen and oxygen atoms in total. The lowest BCUT2D eigenvalue weighted by atomic mass is 10.1. The summed E-state index contributed by atoms with van der Waals surface area (Å²) >= 11 is 0. The van der Waals surface area contributed by atoms with Gasteiger partial charge >= 0.3 is 0 Å². The quantitative estimate of drug-likeness (QED) is 0.544. The van der Waals surface area contributed by atoms with E-state index in [0.29, 0.717) is 13.0 Å². The van der Waals surface area contributed by atoms with Gasteiger partial charge in [-0.05, 0) is 20.8 Å². The number of hydrogen-bond acceptors (Lipinski definition) is 2. The minimum absolute atomic E-state index is 0.109. The molecule has 0 aromatic carbocycles. The van der Waals surface area contributed by atoms with Crippen LogP contribution in [0.25, 0.3) is 0 Å². The second-order valence-corrected chi connectivity index (χ2v) is 4.51. The first-order valence-electron chi connectivity index (χ1n) is 4.43. The van der Waals surface area contributed by atoms with E-state index in [9.17, 15) is 4.79 Å². The summed E-state index contributed by atoms with van der Waals surface area (Å²) in [6, 6.07) is 0. The molecular weight excluding hydrogens is 154 g/mol. The van der Waals surface area contributed by atoms with Gasteiger partial charge in [-0.2, -0.15) is 0 Å². The largest absolute Gasteiger partial charge is 0.353 e. The van der Waals surface area contributed by atoms with Crippen LogP contribution in [0.1, 0.15) is 33.6 Å². The zero-order valence-corrected chi connectivity index (χ0v) is 7.89. The van der Waals surface area contributed by atoms with Crippen LogP contribution >= 0.6 is 0 Å². The van der Waals surface area contributed by atoms with E-state index in [2.05, 4.69) is 13.8 Å². The second kappa shape index (κ2) is 2.02. The van der Waals surface area contributed by atoms with Crippen molar-refractivity contribution in [1.29, 1.82) is 0 Å². The highest BCUT2D eigenvalue weighted by Crippen LogP contribution is 2.42.